The van der Waals surface area contributed by atoms with Crippen LogP contribution in [-0.4, -0.2) is 35.8 Å². The predicted octanol–water partition coefficient (Wildman–Crippen LogP) is 4.23. The number of ether oxygens (including phenoxy) is 2. The van der Waals surface area contributed by atoms with Crippen LogP contribution in [0, 0.1) is 0 Å². The van der Waals surface area contributed by atoms with Gasteiger partial charge in [-0.05, 0) is 31.0 Å². The van der Waals surface area contributed by atoms with E-state index in [1.165, 1.54) is 11.7 Å². The van der Waals surface area contributed by atoms with Crippen LogP contribution in [-0.2, 0) is 11.8 Å². The first kappa shape index (κ1) is 23.3. The number of hydrogen-bond donors (Lipinski definition) is 0. The Bertz CT molecular complexity index is 1150. The van der Waals surface area contributed by atoms with Crippen molar-refractivity contribution in [2.24, 2.45) is 7.05 Å². The fraction of sp³-hybridized carbons (Fsp3) is 0.292. The number of anilines is 1. The molecular weight excluding hydrogens is 430 g/mol. The van der Waals surface area contributed by atoms with Crippen molar-refractivity contribution in [3.05, 3.63) is 86.8 Å². The Morgan fingerprint density at radius 1 is 1.12 bits per heavy atom. The number of halogens is 1. The summed E-state index contributed by atoms with van der Waals surface area (Å²) < 4.78 is 11.7. The van der Waals surface area contributed by atoms with Crippen LogP contribution in [0.15, 0.2) is 59.4 Å². The summed E-state index contributed by atoms with van der Waals surface area (Å²) in [5.41, 5.74) is 1.18. The lowest BCUT2D eigenvalue weighted by atomic mass is 9.97. The SMILES string of the molecule is CCOC(=O)c1nc(N(CC)C(c2ccccc2)c2ccccc2Cl)n(C)c(=O)c1OC. The smallest absolute Gasteiger partial charge is 0.361 e. The lowest BCUT2D eigenvalue weighted by Crippen LogP contribution is -2.37. The topological polar surface area (TPSA) is 73.7 Å². The highest BCUT2D eigenvalue weighted by atomic mass is 35.5. The summed E-state index contributed by atoms with van der Waals surface area (Å²) in [6.45, 7) is 4.28. The Kier molecular flexibility index (Phi) is 7.53. The second kappa shape index (κ2) is 10.3. The molecule has 1 atom stereocenters. The average Bonchev–Trinajstić information content (AvgIpc) is 2.81. The van der Waals surface area contributed by atoms with E-state index >= 15 is 0 Å². The molecule has 0 saturated carbocycles. The molecule has 8 heteroatoms. The van der Waals surface area contributed by atoms with Crippen molar-refractivity contribution in [2.75, 3.05) is 25.2 Å². The summed E-state index contributed by atoms with van der Waals surface area (Å²) >= 11 is 6.59. The number of nitrogens with zero attached hydrogens (tertiary/aromatic N) is 3. The van der Waals surface area contributed by atoms with Gasteiger partial charge in [0.1, 0.15) is 0 Å². The number of methoxy groups -OCH3 is 1. The summed E-state index contributed by atoms with van der Waals surface area (Å²) in [4.78, 5) is 32.1. The molecule has 0 bridgehead atoms. The van der Waals surface area contributed by atoms with E-state index in [9.17, 15) is 9.59 Å². The molecule has 1 aromatic heterocycles. The molecule has 32 heavy (non-hydrogen) atoms. The molecule has 0 fully saturated rings. The van der Waals surface area contributed by atoms with Crippen LogP contribution < -0.4 is 15.2 Å². The Hall–Kier alpha value is -3.32. The lowest BCUT2D eigenvalue weighted by Gasteiger charge is -2.34. The predicted molar refractivity (Wildman–Crippen MR) is 125 cm³/mol. The zero-order valence-electron chi connectivity index (χ0n) is 18.5. The Morgan fingerprint density at radius 2 is 1.78 bits per heavy atom. The molecule has 7 nitrogen and oxygen atoms in total. The van der Waals surface area contributed by atoms with Crippen molar-refractivity contribution in [1.82, 2.24) is 9.55 Å². The van der Waals surface area contributed by atoms with Gasteiger partial charge in [0.25, 0.3) is 5.56 Å². The number of rotatable bonds is 8. The zero-order chi connectivity index (χ0) is 23.3. The van der Waals surface area contributed by atoms with Gasteiger partial charge in [-0.25, -0.2) is 9.78 Å². The molecule has 0 aliphatic carbocycles. The monoisotopic (exact) mass is 455 g/mol. The molecule has 0 saturated heterocycles. The van der Waals surface area contributed by atoms with Gasteiger partial charge in [-0.2, -0.15) is 0 Å². The van der Waals surface area contributed by atoms with E-state index in [0.717, 1.165) is 11.1 Å². The minimum Gasteiger partial charge on any atom is -0.489 e. The first-order chi connectivity index (χ1) is 15.4. The molecule has 3 aromatic rings. The van der Waals surface area contributed by atoms with Crippen LogP contribution in [0.3, 0.4) is 0 Å². The highest BCUT2D eigenvalue weighted by Crippen LogP contribution is 2.35. The van der Waals surface area contributed by atoms with Gasteiger partial charge in [-0.1, -0.05) is 60.1 Å². The fourth-order valence-electron chi connectivity index (χ4n) is 3.65. The van der Waals surface area contributed by atoms with Crippen LogP contribution in [0.1, 0.15) is 41.5 Å². The molecule has 0 amide bonds. The quantitative estimate of drug-likeness (QED) is 0.473. The first-order valence-corrected chi connectivity index (χ1v) is 10.7. The maximum Gasteiger partial charge on any atom is 0.361 e. The fourth-order valence-corrected chi connectivity index (χ4v) is 3.89. The van der Waals surface area contributed by atoms with E-state index in [2.05, 4.69) is 4.98 Å². The van der Waals surface area contributed by atoms with Crippen LogP contribution >= 0.6 is 11.6 Å². The molecule has 0 N–H and O–H groups in total. The van der Waals surface area contributed by atoms with Gasteiger partial charge >= 0.3 is 5.97 Å². The van der Waals surface area contributed by atoms with Crippen LogP contribution in [0.4, 0.5) is 5.95 Å². The number of benzene rings is 2. The number of esters is 1. The van der Waals surface area contributed by atoms with E-state index in [0.29, 0.717) is 17.5 Å². The highest BCUT2D eigenvalue weighted by molar-refractivity contribution is 6.31. The van der Waals surface area contributed by atoms with Crippen LogP contribution in [0.25, 0.3) is 0 Å². The van der Waals surface area contributed by atoms with Gasteiger partial charge in [-0.15, -0.1) is 0 Å². The molecule has 1 heterocycles. The summed E-state index contributed by atoms with van der Waals surface area (Å²) in [5, 5.41) is 0.587. The summed E-state index contributed by atoms with van der Waals surface area (Å²) in [6, 6.07) is 17.0. The van der Waals surface area contributed by atoms with Gasteiger partial charge < -0.3 is 14.4 Å². The van der Waals surface area contributed by atoms with Crippen molar-refractivity contribution in [3.63, 3.8) is 0 Å². The van der Waals surface area contributed by atoms with Crippen molar-refractivity contribution >= 4 is 23.5 Å². The summed E-state index contributed by atoms with van der Waals surface area (Å²) in [6.07, 6.45) is 0. The van der Waals surface area contributed by atoms with Crippen molar-refractivity contribution in [2.45, 2.75) is 19.9 Å². The standard InChI is InChI=1S/C24H26ClN3O4/c1-5-28(20(16-12-8-7-9-13-16)17-14-10-11-15-18(17)25)24-26-19(23(30)32-6-2)21(31-4)22(29)27(24)3/h7-15,20H,5-6H2,1-4H3. The van der Waals surface area contributed by atoms with E-state index in [1.807, 2.05) is 66.4 Å². The van der Waals surface area contributed by atoms with Crippen molar-refractivity contribution < 1.29 is 14.3 Å². The highest BCUT2D eigenvalue weighted by Gasteiger charge is 2.30. The molecule has 3 rings (SSSR count). The van der Waals surface area contributed by atoms with Gasteiger partial charge in [0, 0.05) is 18.6 Å². The van der Waals surface area contributed by atoms with Gasteiger partial charge in [0.15, 0.2) is 5.69 Å². The maximum atomic E-state index is 13.1. The second-order valence-corrected chi connectivity index (χ2v) is 7.41. The lowest BCUT2D eigenvalue weighted by molar-refractivity contribution is 0.0514. The number of aromatic nitrogens is 2. The third-order valence-electron chi connectivity index (χ3n) is 5.12. The van der Waals surface area contributed by atoms with Gasteiger partial charge in [-0.3, -0.25) is 9.36 Å². The average molecular weight is 456 g/mol. The minimum absolute atomic E-state index is 0.151. The third kappa shape index (κ3) is 4.48. The molecular formula is C24H26ClN3O4. The zero-order valence-corrected chi connectivity index (χ0v) is 19.3. The molecule has 0 aliphatic rings. The van der Waals surface area contributed by atoms with E-state index in [-0.39, 0.29) is 24.1 Å². The number of hydrogen-bond acceptors (Lipinski definition) is 6. The minimum atomic E-state index is -0.714. The third-order valence-corrected chi connectivity index (χ3v) is 5.47. The molecule has 1 unspecified atom stereocenters. The van der Waals surface area contributed by atoms with E-state index < -0.39 is 11.5 Å². The van der Waals surface area contributed by atoms with Gasteiger partial charge in [0.05, 0.1) is 19.8 Å². The molecule has 2 aromatic carbocycles. The Balaban J connectivity index is 2.28. The summed E-state index contributed by atoms with van der Waals surface area (Å²) in [5.74, 6) is -0.566. The van der Waals surface area contributed by atoms with Crippen molar-refractivity contribution in [1.29, 1.82) is 0 Å². The van der Waals surface area contributed by atoms with Crippen molar-refractivity contribution in [3.8, 4) is 5.75 Å². The second-order valence-electron chi connectivity index (χ2n) is 7.00. The maximum absolute atomic E-state index is 13.1. The summed E-state index contributed by atoms with van der Waals surface area (Å²) in [7, 11) is 2.92. The molecule has 168 valence electrons. The van der Waals surface area contributed by atoms with E-state index in [1.54, 1.807) is 14.0 Å². The molecule has 0 radical (unpaired) electrons. The number of carbonyl (C=O) groups is 1. The van der Waals surface area contributed by atoms with E-state index in [4.69, 9.17) is 21.1 Å². The van der Waals surface area contributed by atoms with Crippen LogP contribution in [0.5, 0.6) is 5.75 Å². The number of carbonyl (C=O) groups excluding carboxylic acids is 1. The molecule has 0 aliphatic heterocycles. The van der Waals surface area contributed by atoms with Crippen LogP contribution in [0.2, 0.25) is 5.02 Å². The first-order valence-electron chi connectivity index (χ1n) is 10.3. The Labute approximate surface area is 192 Å². The Morgan fingerprint density at radius 3 is 2.38 bits per heavy atom. The normalized spacial score (nSPS) is 11.7. The molecule has 0 spiro atoms. The largest absolute Gasteiger partial charge is 0.489 e. The van der Waals surface area contributed by atoms with Gasteiger partial charge in [0.2, 0.25) is 11.7 Å².